The summed E-state index contributed by atoms with van der Waals surface area (Å²) in [5, 5.41) is 0. The van der Waals surface area contributed by atoms with E-state index in [9.17, 15) is 4.79 Å². The van der Waals surface area contributed by atoms with E-state index >= 15 is 0 Å². The monoisotopic (exact) mass is 209 g/mol. The van der Waals surface area contributed by atoms with Crippen LogP contribution < -0.4 is 0 Å². The smallest absolute Gasteiger partial charge is 0.232 e. The Bertz CT molecular complexity index is 310. The Morgan fingerprint density at radius 1 is 1.47 bits per heavy atom. The van der Waals surface area contributed by atoms with E-state index in [1.165, 1.54) is 6.42 Å². The second-order valence-electron chi connectivity index (χ2n) is 5.59. The van der Waals surface area contributed by atoms with Crippen molar-refractivity contribution < 1.29 is 9.53 Å². The highest BCUT2D eigenvalue weighted by molar-refractivity contribution is 5.87. The van der Waals surface area contributed by atoms with Crippen molar-refractivity contribution in [1.82, 2.24) is 4.90 Å². The Morgan fingerprint density at radius 2 is 2.07 bits per heavy atom. The van der Waals surface area contributed by atoms with Gasteiger partial charge in [-0.05, 0) is 46.6 Å². The Kier molecular flexibility index (Phi) is 2.11. The van der Waals surface area contributed by atoms with Gasteiger partial charge in [-0.3, -0.25) is 9.69 Å². The van der Waals surface area contributed by atoms with Crippen LogP contribution in [0, 0.1) is 0 Å². The molecule has 1 heterocycles. The zero-order valence-electron chi connectivity index (χ0n) is 9.80. The molecule has 0 unspecified atom stereocenters. The van der Waals surface area contributed by atoms with Gasteiger partial charge in [-0.1, -0.05) is 0 Å². The van der Waals surface area contributed by atoms with Gasteiger partial charge in [0.05, 0.1) is 12.0 Å². The molecule has 1 aliphatic heterocycles. The topological polar surface area (TPSA) is 29.5 Å². The Hall–Kier alpha value is -0.990. The van der Waals surface area contributed by atoms with Crippen LogP contribution >= 0.6 is 0 Å². The summed E-state index contributed by atoms with van der Waals surface area (Å²) >= 11 is 0. The van der Waals surface area contributed by atoms with Crippen molar-refractivity contribution in [2.45, 2.75) is 57.6 Å². The van der Waals surface area contributed by atoms with Crippen LogP contribution in [0.2, 0.25) is 0 Å². The third kappa shape index (κ3) is 1.64. The maximum Gasteiger partial charge on any atom is 0.232 e. The van der Waals surface area contributed by atoms with Gasteiger partial charge in [0.1, 0.15) is 5.60 Å². The Balaban J connectivity index is 2.03. The number of hydrogen-bond acceptors (Lipinski definition) is 2. The summed E-state index contributed by atoms with van der Waals surface area (Å²) in [6, 6.07) is 0. The van der Waals surface area contributed by atoms with E-state index < -0.39 is 0 Å². The van der Waals surface area contributed by atoms with Gasteiger partial charge in [-0.2, -0.15) is 0 Å². The van der Waals surface area contributed by atoms with E-state index in [1.807, 2.05) is 20.8 Å². The van der Waals surface area contributed by atoms with E-state index in [1.54, 1.807) is 4.90 Å². The fourth-order valence-electron chi connectivity index (χ4n) is 2.40. The highest BCUT2D eigenvalue weighted by Gasteiger charge is 2.56. The van der Waals surface area contributed by atoms with Crippen LogP contribution in [-0.2, 0) is 9.53 Å². The third-order valence-electron chi connectivity index (χ3n) is 3.16. The lowest BCUT2D eigenvalue weighted by atomic mass is 9.67. The SMILES string of the molecule is C=C(OC(C)(C)C)N1C(=O)CC12CCC2. The van der Waals surface area contributed by atoms with Gasteiger partial charge in [0.25, 0.3) is 0 Å². The van der Waals surface area contributed by atoms with Crippen molar-refractivity contribution in [3.8, 4) is 0 Å². The number of amides is 1. The molecule has 0 N–H and O–H groups in total. The van der Waals surface area contributed by atoms with Crippen molar-refractivity contribution in [3.05, 3.63) is 12.5 Å². The normalized spacial score (nSPS) is 23.4. The number of rotatable bonds is 2. The minimum absolute atomic E-state index is 0.0828. The number of likely N-dealkylation sites (tertiary alicyclic amines) is 1. The summed E-state index contributed by atoms with van der Waals surface area (Å²) in [5.74, 6) is 0.683. The van der Waals surface area contributed by atoms with Gasteiger partial charge in [0, 0.05) is 0 Å². The quantitative estimate of drug-likeness (QED) is 0.516. The van der Waals surface area contributed by atoms with Crippen LogP contribution in [0.25, 0.3) is 0 Å². The second kappa shape index (κ2) is 3.00. The molecule has 15 heavy (non-hydrogen) atoms. The van der Waals surface area contributed by atoms with Crippen LogP contribution in [0.4, 0.5) is 0 Å². The summed E-state index contributed by atoms with van der Waals surface area (Å²) in [5.41, 5.74) is -0.197. The maximum absolute atomic E-state index is 11.6. The molecule has 2 aliphatic rings. The summed E-state index contributed by atoms with van der Waals surface area (Å²) in [7, 11) is 0. The molecule has 3 heteroatoms. The molecular weight excluding hydrogens is 190 g/mol. The molecule has 3 nitrogen and oxygen atoms in total. The highest BCUT2D eigenvalue weighted by atomic mass is 16.5. The molecule has 0 radical (unpaired) electrons. The lowest BCUT2D eigenvalue weighted by Gasteiger charge is -2.57. The highest BCUT2D eigenvalue weighted by Crippen LogP contribution is 2.49. The van der Waals surface area contributed by atoms with Crippen molar-refractivity contribution in [2.75, 3.05) is 0 Å². The van der Waals surface area contributed by atoms with E-state index in [0.29, 0.717) is 12.3 Å². The fourth-order valence-corrected chi connectivity index (χ4v) is 2.40. The lowest BCUT2D eigenvalue weighted by molar-refractivity contribution is -0.171. The largest absolute Gasteiger partial charge is 0.473 e. The number of nitrogens with zero attached hydrogens (tertiary/aromatic N) is 1. The maximum atomic E-state index is 11.6. The molecule has 0 atom stereocenters. The summed E-state index contributed by atoms with van der Waals surface area (Å²) in [6.45, 7) is 9.78. The number of β-lactam (4-membered cyclic amide) rings is 1. The van der Waals surface area contributed by atoms with E-state index in [-0.39, 0.29) is 17.0 Å². The zero-order valence-corrected chi connectivity index (χ0v) is 9.80. The molecule has 2 rings (SSSR count). The average molecular weight is 209 g/mol. The van der Waals surface area contributed by atoms with Gasteiger partial charge < -0.3 is 4.74 Å². The molecule has 0 aromatic rings. The number of hydrogen-bond donors (Lipinski definition) is 0. The van der Waals surface area contributed by atoms with Gasteiger partial charge in [0.2, 0.25) is 5.91 Å². The molecule has 2 fully saturated rings. The van der Waals surface area contributed by atoms with E-state index in [2.05, 4.69) is 6.58 Å². The molecule has 1 aliphatic carbocycles. The van der Waals surface area contributed by atoms with Crippen LogP contribution in [-0.4, -0.2) is 21.9 Å². The van der Waals surface area contributed by atoms with Gasteiger partial charge in [0.15, 0.2) is 5.88 Å². The van der Waals surface area contributed by atoms with E-state index in [4.69, 9.17) is 4.74 Å². The second-order valence-corrected chi connectivity index (χ2v) is 5.59. The van der Waals surface area contributed by atoms with Crippen LogP contribution in [0.1, 0.15) is 46.5 Å². The molecule has 0 aromatic carbocycles. The molecule has 1 saturated carbocycles. The third-order valence-corrected chi connectivity index (χ3v) is 3.16. The van der Waals surface area contributed by atoms with Crippen molar-refractivity contribution in [2.24, 2.45) is 0 Å². The minimum Gasteiger partial charge on any atom is -0.473 e. The number of carbonyl (C=O) groups excluding carboxylic acids is 1. The number of ether oxygens (including phenoxy) is 1. The summed E-state index contributed by atoms with van der Waals surface area (Å²) in [4.78, 5) is 13.3. The lowest BCUT2D eigenvalue weighted by Crippen LogP contribution is -2.66. The fraction of sp³-hybridized carbons (Fsp3) is 0.750. The molecule has 1 saturated heterocycles. The first kappa shape index (κ1) is 10.5. The molecular formula is C12H19NO2. The standard InChI is InChI=1S/C12H19NO2/c1-9(15-11(2,3)4)13-10(14)8-12(13)6-5-7-12/h1,5-8H2,2-4H3. The summed E-state index contributed by atoms with van der Waals surface area (Å²) in [6.07, 6.45) is 4.10. The molecule has 0 aromatic heterocycles. The molecule has 84 valence electrons. The van der Waals surface area contributed by atoms with Crippen LogP contribution in [0.15, 0.2) is 12.5 Å². The van der Waals surface area contributed by atoms with Gasteiger partial charge >= 0.3 is 0 Å². The first-order valence-corrected chi connectivity index (χ1v) is 5.55. The van der Waals surface area contributed by atoms with E-state index in [0.717, 1.165) is 12.8 Å². The molecule has 0 bridgehead atoms. The van der Waals surface area contributed by atoms with Gasteiger partial charge in [-0.25, -0.2) is 0 Å². The Labute approximate surface area is 91.1 Å². The average Bonchev–Trinajstić information content (AvgIpc) is 1.91. The number of carbonyl (C=O) groups is 1. The Morgan fingerprint density at radius 3 is 2.40 bits per heavy atom. The first-order valence-electron chi connectivity index (χ1n) is 5.55. The minimum atomic E-state index is -0.280. The first-order chi connectivity index (χ1) is 6.84. The summed E-state index contributed by atoms with van der Waals surface area (Å²) < 4.78 is 5.65. The van der Waals surface area contributed by atoms with Crippen molar-refractivity contribution in [3.63, 3.8) is 0 Å². The molecule has 1 spiro atoms. The predicted molar refractivity (Wildman–Crippen MR) is 58.0 cm³/mol. The van der Waals surface area contributed by atoms with Crippen LogP contribution in [0.3, 0.4) is 0 Å². The van der Waals surface area contributed by atoms with Crippen LogP contribution in [0.5, 0.6) is 0 Å². The van der Waals surface area contributed by atoms with Crippen molar-refractivity contribution >= 4 is 5.91 Å². The predicted octanol–water partition coefficient (Wildman–Crippen LogP) is 2.43. The van der Waals surface area contributed by atoms with Crippen molar-refractivity contribution in [1.29, 1.82) is 0 Å². The zero-order chi connectivity index (χ0) is 11.3. The molecule has 1 amide bonds. The van der Waals surface area contributed by atoms with Gasteiger partial charge in [-0.15, -0.1) is 0 Å².